The lowest BCUT2D eigenvalue weighted by Gasteiger charge is -2.08. The Balaban J connectivity index is 2.39. The van der Waals surface area contributed by atoms with E-state index < -0.39 is 0 Å². The third-order valence-electron chi connectivity index (χ3n) is 2.65. The molecule has 1 heterocycles. The number of amides is 1. The number of hydrogen-bond acceptors (Lipinski definition) is 4. The maximum atomic E-state index is 11.9. The fourth-order valence-corrected chi connectivity index (χ4v) is 1.61. The highest BCUT2D eigenvalue weighted by Gasteiger charge is 2.07. The molecule has 0 unspecified atom stereocenters. The first-order valence-corrected chi connectivity index (χ1v) is 6.69. The van der Waals surface area contributed by atoms with E-state index in [1.165, 1.54) is 0 Å². The van der Waals surface area contributed by atoms with Crippen LogP contribution in [0.3, 0.4) is 0 Å². The average Bonchev–Trinajstić information content (AvgIpc) is 2.41. The van der Waals surface area contributed by atoms with E-state index in [0.717, 1.165) is 25.1 Å². The zero-order valence-corrected chi connectivity index (χ0v) is 12.0. The summed E-state index contributed by atoms with van der Waals surface area (Å²) >= 11 is 0. The fraction of sp³-hybridized carbons (Fsp3) is 0.571. The van der Waals surface area contributed by atoms with Crippen molar-refractivity contribution in [1.29, 1.82) is 0 Å². The Kier molecular flexibility index (Phi) is 6.89. The molecule has 0 aliphatic carbocycles. The van der Waals surface area contributed by atoms with Crippen LogP contribution in [0.1, 0.15) is 35.8 Å². The molecule has 5 nitrogen and oxygen atoms in total. The summed E-state index contributed by atoms with van der Waals surface area (Å²) in [5.41, 5.74) is 1.43. The zero-order valence-electron chi connectivity index (χ0n) is 12.0. The SMILES string of the molecule is CCCCOCCNC(=O)c1cc(C)nc(NC)c1. The zero-order chi connectivity index (χ0) is 14.1. The summed E-state index contributed by atoms with van der Waals surface area (Å²) in [6.45, 7) is 5.82. The van der Waals surface area contributed by atoms with Crippen LogP contribution in [0.4, 0.5) is 5.82 Å². The summed E-state index contributed by atoms with van der Waals surface area (Å²) in [6.07, 6.45) is 2.18. The number of aromatic nitrogens is 1. The van der Waals surface area contributed by atoms with Crippen molar-refractivity contribution in [2.75, 3.05) is 32.1 Å². The van der Waals surface area contributed by atoms with Gasteiger partial charge in [0.25, 0.3) is 5.91 Å². The molecule has 1 amide bonds. The predicted octanol–water partition coefficient (Wildman–Crippen LogP) is 1.98. The number of anilines is 1. The van der Waals surface area contributed by atoms with Gasteiger partial charge in [0.05, 0.1) is 6.61 Å². The number of unbranched alkanes of at least 4 members (excludes halogenated alkanes) is 1. The van der Waals surface area contributed by atoms with Gasteiger partial charge in [-0.1, -0.05) is 13.3 Å². The van der Waals surface area contributed by atoms with Crippen LogP contribution in [0, 0.1) is 6.92 Å². The summed E-state index contributed by atoms with van der Waals surface area (Å²) in [7, 11) is 1.78. The lowest BCUT2D eigenvalue weighted by Crippen LogP contribution is -2.27. The fourth-order valence-electron chi connectivity index (χ4n) is 1.61. The van der Waals surface area contributed by atoms with Crippen LogP contribution in [0.2, 0.25) is 0 Å². The number of rotatable bonds is 8. The minimum absolute atomic E-state index is 0.0962. The highest BCUT2D eigenvalue weighted by atomic mass is 16.5. The number of carbonyl (C=O) groups is 1. The van der Waals surface area contributed by atoms with E-state index in [1.807, 2.05) is 6.92 Å². The first-order chi connectivity index (χ1) is 9.17. The Bertz CT molecular complexity index is 408. The molecule has 0 atom stereocenters. The topological polar surface area (TPSA) is 63.2 Å². The number of carbonyl (C=O) groups excluding carboxylic acids is 1. The van der Waals surface area contributed by atoms with Crippen LogP contribution in [-0.2, 0) is 4.74 Å². The van der Waals surface area contributed by atoms with Crippen molar-refractivity contribution in [1.82, 2.24) is 10.3 Å². The van der Waals surface area contributed by atoms with Crippen molar-refractivity contribution < 1.29 is 9.53 Å². The maximum absolute atomic E-state index is 11.9. The summed E-state index contributed by atoms with van der Waals surface area (Å²) in [5.74, 6) is 0.602. The summed E-state index contributed by atoms with van der Waals surface area (Å²) in [6, 6.07) is 3.51. The molecule has 106 valence electrons. The van der Waals surface area contributed by atoms with Gasteiger partial charge in [-0.3, -0.25) is 4.79 Å². The van der Waals surface area contributed by atoms with Gasteiger partial charge in [-0.05, 0) is 25.5 Å². The Hall–Kier alpha value is -1.62. The van der Waals surface area contributed by atoms with Crippen molar-refractivity contribution in [2.24, 2.45) is 0 Å². The molecule has 0 bridgehead atoms. The Morgan fingerprint density at radius 1 is 1.37 bits per heavy atom. The largest absolute Gasteiger partial charge is 0.380 e. The molecule has 2 N–H and O–H groups in total. The Morgan fingerprint density at radius 3 is 2.84 bits per heavy atom. The van der Waals surface area contributed by atoms with Crippen LogP contribution < -0.4 is 10.6 Å². The Labute approximate surface area is 114 Å². The molecule has 0 aromatic carbocycles. The van der Waals surface area contributed by atoms with E-state index in [9.17, 15) is 4.79 Å². The second-order valence-corrected chi connectivity index (χ2v) is 4.35. The number of nitrogens with zero attached hydrogens (tertiary/aromatic N) is 1. The van der Waals surface area contributed by atoms with Gasteiger partial charge >= 0.3 is 0 Å². The molecule has 0 saturated carbocycles. The van der Waals surface area contributed by atoms with E-state index in [1.54, 1.807) is 19.2 Å². The number of ether oxygens (including phenoxy) is 1. The third-order valence-corrected chi connectivity index (χ3v) is 2.65. The van der Waals surface area contributed by atoms with E-state index in [4.69, 9.17) is 4.74 Å². The molecule has 1 aromatic heterocycles. The van der Waals surface area contributed by atoms with Crippen LogP contribution >= 0.6 is 0 Å². The summed E-state index contributed by atoms with van der Waals surface area (Å²) in [4.78, 5) is 16.2. The van der Waals surface area contributed by atoms with Crippen LogP contribution in [0.25, 0.3) is 0 Å². The van der Waals surface area contributed by atoms with Gasteiger partial charge in [-0.15, -0.1) is 0 Å². The summed E-state index contributed by atoms with van der Waals surface area (Å²) in [5, 5.41) is 5.77. The minimum atomic E-state index is -0.0962. The van der Waals surface area contributed by atoms with Crippen LogP contribution in [0.5, 0.6) is 0 Å². The highest BCUT2D eigenvalue weighted by molar-refractivity contribution is 5.94. The van der Waals surface area contributed by atoms with Crippen molar-refractivity contribution >= 4 is 11.7 Å². The molecule has 0 fully saturated rings. The second kappa shape index (κ2) is 8.48. The first kappa shape index (κ1) is 15.4. The van der Waals surface area contributed by atoms with Crippen molar-refractivity contribution in [3.63, 3.8) is 0 Å². The van der Waals surface area contributed by atoms with Gasteiger partial charge in [0.1, 0.15) is 5.82 Å². The smallest absolute Gasteiger partial charge is 0.251 e. The molecule has 5 heteroatoms. The molecule has 1 rings (SSSR count). The van der Waals surface area contributed by atoms with E-state index in [2.05, 4.69) is 22.5 Å². The molecular weight excluding hydrogens is 242 g/mol. The van der Waals surface area contributed by atoms with Crippen molar-refractivity contribution in [3.8, 4) is 0 Å². The number of aryl methyl sites for hydroxylation is 1. The molecule has 19 heavy (non-hydrogen) atoms. The van der Waals surface area contributed by atoms with Crippen molar-refractivity contribution in [3.05, 3.63) is 23.4 Å². The van der Waals surface area contributed by atoms with Gasteiger partial charge in [-0.25, -0.2) is 4.98 Å². The third kappa shape index (κ3) is 5.70. The molecule has 1 aromatic rings. The van der Waals surface area contributed by atoms with Gasteiger partial charge in [0.15, 0.2) is 0 Å². The average molecular weight is 265 g/mol. The molecule has 0 spiro atoms. The van der Waals surface area contributed by atoms with Gasteiger partial charge < -0.3 is 15.4 Å². The monoisotopic (exact) mass is 265 g/mol. The Morgan fingerprint density at radius 2 is 2.16 bits per heavy atom. The van der Waals surface area contributed by atoms with Gasteiger partial charge in [0.2, 0.25) is 0 Å². The van der Waals surface area contributed by atoms with Gasteiger partial charge in [-0.2, -0.15) is 0 Å². The first-order valence-electron chi connectivity index (χ1n) is 6.69. The second-order valence-electron chi connectivity index (χ2n) is 4.35. The molecule has 0 aliphatic rings. The number of nitrogens with one attached hydrogen (secondary N) is 2. The van der Waals surface area contributed by atoms with Crippen LogP contribution in [0.15, 0.2) is 12.1 Å². The molecule has 0 aliphatic heterocycles. The molecular formula is C14H23N3O2. The predicted molar refractivity (Wildman–Crippen MR) is 76.6 cm³/mol. The normalized spacial score (nSPS) is 10.3. The van der Waals surface area contributed by atoms with E-state index >= 15 is 0 Å². The number of hydrogen-bond donors (Lipinski definition) is 2. The minimum Gasteiger partial charge on any atom is -0.380 e. The van der Waals surface area contributed by atoms with Gasteiger partial charge in [0, 0.05) is 31.5 Å². The van der Waals surface area contributed by atoms with Crippen molar-refractivity contribution in [2.45, 2.75) is 26.7 Å². The number of pyridine rings is 1. The lowest BCUT2D eigenvalue weighted by molar-refractivity contribution is 0.0912. The maximum Gasteiger partial charge on any atom is 0.251 e. The van der Waals surface area contributed by atoms with E-state index in [0.29, 0.717) is 24.5 Å². The molecule has 0 radical (unpaired) electrons. The quantitative estimate of drug-likeness (QED) is 0.705. The van der Waals surface area contributed by atoms with E-state index in [-0.39, 0.29) is 5.91 Å². The van der Waals surface area contributed by atoms with Crippen LogP contribution in [-0.4, -0.2) is 37.7 Å². The summed E-state index contributed by atoms with van der Waals surface area (Å²) < 4.78 is 5.39. The molecule has 0 saturated heterocycles. The highest BCUT2D eigenvalue weighted by Crippen LogP contribution is 2.09. The standard InChI is InChI=1S/C14H23N3O2/c1-4-5-7-19-8-6-16-14(18)12-9-11(2)17-13(10-12)15-3/h9-10H,4-8H2,1-3H3,(H,15,17)(H,16,18). The lowest BCUT2D eigenvalue weighted by atomic mass is 10.2.